The van der Waals surface area contributed by atoms with Crippen molar-refractivity contribution in [1.29, 1.82) is 0 Å². The number of nitrogens with one attached hydrogen (secondary N) is 1. The second-order valence-corrected chi connectivity index (χ2v) is 4.59. The summed E-state index contributed by atoms with van der Waals surface area (Å²) in [6.45, 7) is 4.47. The van der Waals surface area contributed by atoms with Gasteiger partial charge < -0.3 is 5.32 Å². The van der Waals surface area contributed by atoms with Crippen LogP contribution in [0.15, 0.2) is 6.07 Å². The Morgan fingerprint density at radius 3 is 3.00 bits per heavy atom. The summed E-state index contributed by atoms with van der Waals surface area (Å²) < 4.78 is 0. The van der Waals surface area contributed by atoms with E-state index in [0.717, 1.165) is 17.7 Å². The van der Waals surface area contributed by atoms with Crippen molar-refractivity contribution in [3.63, 3.8) is 0 Å². The third kappa shape index (κ3) is 3.10. The second kappa shape index (κ2) is 5.57. The van der Waals surface area contributed by atoms with Crippen LogP contribution in [0.5, 0.6) is 0 Å². The molecule has 2 nitrogen and oxygen atoms in total. The monoisotopic (exact) mass is 221 g/mol. The Labute approximate surface area is 94.7 Å². The second-order valence-electron chi connectivity index (χ2n) is 3.33. The topological polar surface area (TPSA) is 29.1 Å². The minimum absolute atomic E-state index is 0.0663. The molecule has 0 aliphatic carbocycles. The molecule has 0 radical (unpaired) electrons. The molecule has 0 aliphatic heterocycles. The number of carbonyl (C=O) groups excluding carboxylic acids is 1. The molecule has 1 N–H and O–H groups in total. The van der Waals surface area contributed by atoms with Crippen LogP contribution in [0.1, 0.15) is 33.5 Å². The molecule has 0 fully saturated rings. The molecule has 0 unspecified atom stereocenters. The van der Waals surface area contributed by atoms with Crippen molar-refractivity contribution < 1.29 is 4.79 Å². The molecular formula is C12H15NOS. The van der Waals surface area contributed by atoms with Crippen molar-refractivity contribution >= 4 is 17.2 Å². The fourth-order valence-electron chi connectivity index (χ4n) is 1.37. The first-order valence-corrected chi connectivity index (χ1v) is 5.81. The van der Waals surface area contributed by atoms with E-state index < -0.39 is 0 Å². The molecule has 80 valence electrons. The van der Waals surface area contributed by atoms with Gasteiger partial charge in [-0.15, -0.1) is 17.8 Å². The molecule has 15 heavy (non-hydrogen) atoms. The molecule has 0 bridgehead atoms. The number of hydrogen-bond donors (Lipinski definition) is 1. The molecule has 1 amide bonds. The summed E-state index contributed by atoms with van der Waals surface area (Å²) in [5.74, 6) is 2.32. The van der Waals surface area contributed by atoms with Crippen LogP contribution in [0.2, 0.25) is 0 Å². The van der Waals surface area contributed by atoms with Gasteiger partial charge in [0.25, 0.3) is 5.91 Å². The van der Waals surface area contributed by atoms with Crippen LogP contribution in [0, 0.1) is 19.3 Å². The average molecular weight is 221 g/mol. The van der Waals surface area contributed by atoms with Crippen LogP contribution < -0.4 is 5.32 Å². The highest BCUT2D eigenvalue weighted by Gasteiger charge is 2.10. The lowest BCUT2D eigenvalue weighted by molar-refractivity contribution is 0.0962. The fraction of sp³-hybridized carbons (Fsp3) is 0.417. The third-order valence-corrected chi connectivity index (χ3v) is 3.21. The first-order valence-electron chi connectivity index (χ1n) is 5.00. The molecule has 1 aromatic heterocycles. The van der Waals surface area contributed by atoms with Gasteiger partial charge in [0.15, 0.2) is 0 Å². The highest BCUT2D eigenvalue weighted by Crippen LogP contribution is 2.22. The lowest BCUT2D eigenvalue weighted by atomic mass is 10.1. The molecule has 3 heteroatoms. The summed E-state index contributed by atoms with van der Waals surface area (Å²) in [6, 6.07) is 1.97. The van der Waals surface area contributed by atoms with Crippen molar-refractivity contribution in [3.8, 4) is 12.3 Å². The Morgan fingerprint density at radius 1 is 1.67 bits per heavy atom. The van der Waals surface area contributed by atoms with E-state index in [4.69, 9.17) is 6.42 Å². The molecule has 0 aromatic carbocycles. The smallest absolute Gasteiger partial charge is 0.262 e. The highest BCUT2D eigenvalue weighted by molar-refractivity contribution is 7.14. The summed E-state index contributed by atoms with van der Waals surface area (Å²) in [6.07, 6.45) is 7.21. The minimum Gasteiger partial charge on any atom is -0.340 e. The van der Waals surface area contributed by atoms with Gasteiger partial charge in [0, 0.05) is 4.88 Å². The Hall–Kier alpha value is -1.27. The van der Waals surface area contributed by atoms with Crippen LogP contribution in [-0.4, -0.2) is 12.5 Å². The van der Waals surface area contributed by atoms with Gasteiger partial charge in [0.2, 0.25) is 0 Å². The average Bonchev–Trinajstić information content (AvgIpc) is 2.58. The van der Waals surface area contributed by atoms with Gasteiger partial charge in [-0.05, 0) is 25.0 Å². The van der Waals surface area contributed by atoms with E-state index in [2.05, 4.69) is 18.2 Å². The summed E-state index contributed by atoms with van der Waals surface area (Å²) in [7, 11) is 0. The van der Waals surface area contributed by atoms with Gasteiger partial charge in [-0.2, -0.15) is 0 Å². The summed E-state index contributed by atoms with van der Waals surface area (Å²) in [5, 5.41) is 2.67. The normalized spacial score (nSPS) is 9.67. The number of terminal acetylenes is 1. The van der Waals surface area contributed by atoms with E-state index in [9.17, 15) is 4.79 Å². The molecule has 0 aliphatic rings. The largest absolute Gasteiger partial charge is 0.340 e. The van der Waals surface area contributed by atoms with E-state index in [1.807, 2.05) is 13.0 Å². The van der Waals surface area contributed by atoms with Gasteiger partial charge in [0.05, 0.1) is 11.4 Å². The summed E-state index contributed by atoms with van der Waals surface area (Å²) >= 11 is 1.53. The first-order chi connectivity index (χ1) is 7.19. The van der Waals surface area contributed by atoms with Crippen LogP contribution in [-0.2, 0) is 6.42 Å². The number of thiophene rings is 1. The fourth-order valence-corrected chi connectivity index (χ4v) is 2.36. The van der Waals surface area contributed by atoms with E-state index in [0.29, 0.717) is 6.54 Å². The zero-order valence-electron chi connectivity index (χ0n) is 9.09. The van der Waals surface area contributed by atoms with Crippen LogP contribution in [0.25, 0.3) is 0 Å². The van der Waals surface area contributed by atoms with Gasteiger partial charge >= 0.3 is 0 Å². The molecule has 0 saturated carbocycles. The molecule has 0 spiro atoms. The molecule has 0 saturated heterocycles. The molecule has 1 aromatic rings. The predicted molar refractivity (Wildman–Crippen MR) is 64.2 cm³/mol. The zero-order valence-corrected chi connectivity index (χ0v) is 9.91. The predicted octanol–water partition coefficient (Wildman–Crippen LogP) is 2.37. The maximum atomic E-state index is 11.6. The number of amides is 1. The van der Waals surface area contributed by atoms with Crippen LogP contribution in [0.4, 0.5) is 0 Å². The third-order valence-electron chi connectivity index (χ3n) is 2.11. The lowest BCUT2D eigenvalue weighted by Gasteiger charge is -1.96. The molecule has 1 heterocycles. The Morgan fingerprint density at radius 2 is 2.40 bits per heavy atom. The number of carbonyl (C=O) groups is 1. The molecule has 0 atom stereocenters. The maximum absolute atomic E-state index is 11.6. The van der Waals surface area contributed by atoms with Crippen molar-refractivity contribution in [3.05, 3.63) is 21.4 Å². The van der Waals surface area contributed by atoms with E-state index in [1.54, 1.807) is 0 Å². The Kier molecular flexibility index (Phi) is 4.38. The van der Waals surface area contributed by atoms with Crippen LogP contribution >= 0.6 is 11.3 Å². The van der Waals surface area contributed by atoms with Crippen molar-refractivity contribution in [2.45, 2.75) is 26.7 Å². The standard InChI is InChI=1S/C12H15NOS/c1-4-6-10-8-11(15-9(10)3)12(14)13-7-5-2/h2,8H,4,6-7H2,1,3H3,(H,13,14). The van der Waals surface area contributed by atoms with Crippen LogP contribution in [0.3, 0.4) is 0 Å². The Bertz CT molecular complexity index is 387. The SMILES string of the molecule is C#CCNC(=O)c1cc(CCC)c(C)s1. The number of rotatable bonds is 4. The molecular weight excluding hydrogens is 206 g/mol. The lowest BCUT2D eigenvalue weighted by Crippen LogP contribution is -2.22. The van der Waals surface area contributed by atoms with E-state index >= 15 is 0 Å². The van der Waals surface area contributed by atoms with Crippen molar-refractivity contribution in [1.82, 2.24) is 5.32 Å². The zero-order chi connectivity index (χ0) is 11.3. The van der Waals surface area contributed by atoms with Gasteiger partial charge in [-0.3, -0.25) is 4.79 Å². The van der Waals surface area contributed by atoms with Gasteiger partial charge in [0.1, 0.15) is 0 Å². The maximum Gasteiger partial charge on any atom is 0.262 e. The van der Waals surface area contributed by atoms with Crippen molar-refractivity contribution in [2.75, 3.05) is 6.54 Å². The minimum atomic E-state index is -0.0663. The van der Waals surface area contributed by atoms with Gasteiger partial charge in [-0.25, -0.2) is 0 Å². The number of hydrogen-bond acceptors (Lipinski definition) is 2. The summed E-state index contributed by atoms with van der Waals surface area (Å²) in [5.41, 5.74) is 1.27. The van der Waals surface area contributed by atoms with E-state index in [-0.39, 0.29) is 5.91 Å². The Balaban J connectivity index is 2.74. The highest BCUT2D eigenvalue weighted by atomic mass is 32.1. The summed E-state index contributed by atoms with van der Waals surface area (Å²) in [4.78, 5) is 13.6. The molecule has 1 rings (SSSR count). The van der Waals surface area contributed by atoms with Crippen molar-refractivity contribution in [2.24, 2.45) is 0 Å². The van der Waals surface area contributed by atoms with Gasteiger partial charge in [-0.1, -0.05) is 19.3 Å². The first kappa shape index (κ1) is 11.8. The quantitative estimate of drug-likeness (QED) is 0.777. The van der Waals surface area contributed by atoms with E-state index in [1.165, 1.54) is 21.8 Å². The number of aryl methyl sites for hydroxylation is 2.